The van der Waals surface area contributed by atoms with E-state index in [0.717, 1.165) is 17.7 Å². The van der Waals surface area contributed by atoms with E-state index in [4.69, 9.17) is 4.74 Å². The molecule has 0 saturated carbocycles. The highest BCUT2D eigenvalue weighted by Crippen LogP contribution is 2.33. The summed E-state index contributed by atoms with van der Waals surface area (Å²) in [5.41, 5.74) is 0.760. The summed E-state index contributed by atoms with van der Waals surface area (Å²) in [7, 11) is 0. The van der Waals surface area contributed by atoms with E-state index in [9.17, 15) is 13.2 Å². The Morgan fingerprint density at radius 2 is 2.00 bits per heavy atom. The molecule has 1 fully saturated rings. The molecule has 0 unspecified atom stereocenters. The van der Waals surface area contributed by atoms with Crippen molar-refractivity contribution in [2.24, 2.45) is 5.41 Å². The van der Waals surface area contributed by atoms with Gasteiger partial charge in [0.15, 0.2) is 0 Å². The van der Waals surface area contributed by atoms with Crippen LogP contribution < -0.4 is 5.32 Å². The number of benzene rings is 1. The molecule has 0 amide bonds. The Kier molecular flexibility index (Phi) is 3.27. The van der Waals surface area contributed by atoms with Crippen LogP contribution in [0, 0.1) is 12.3 Å². The first-order valence-corrected chi connectivity index (χ1v) is 5.80. The fraction of sp³-hybridized carbons (Fsp3) is 0.538. The number of anilines is 1. The summed E-state index contributed by atoms with van der Waals surface area (Å²) in [5, 5.41) is 3.09. The molecule has 100 valence electrons. The van der Waals surface area contributed by atoms with Crippen LogP contribution in [-0.4, -0.2) is 19.8 Å². The zero-order valence-electron chi connectivity index (χ0n) is 10.4. The lowest BCUT2D eigenvalue weighted by molar-refractivity contribution is -0.137. The monoisotopic (exact) mass is 259 g/mol. The number of ether oxygens (including phenoxy) is 1. The third-order valence-corrected chi connectivity index (χ3v) is 3.17. The molecule has 18 heavy (non-hydrogen) atoms. The Balaban J connectivity index is 2.11. The van der Waals surface area contributed by atoms with Crippen molar-refractivity contribution in [1.82, 2.24) is 0 Å². The fourth-order valence-corrected chi connectivity index (χ4v) is 1.85. The van der Waals surface area contributed by atoms with Gasteiger partial charge in [-0.25, -0.2) is 0 Å². The van der Waals surface area contributed by atoms with Crippen molar-refractivity contribution in [3.63, 3.8) is 0 Å². The van der Waals surface area contributed by atoms with Crippen LogP contribution in [0.4, 0.5) is 18.9 Å². The zero-order chi connectivity index (χ0) is 13.4. The molecule has 1 saturated heterocycles. The first-order chi connectivity index (χ1) is 8.30. The predicted octanol–water partition coefficient (Wildman–Crippen LogP) is 3.46. The molecular weight excluding hydrogens is 243 g/mol. The molecule has 2 rings (SSSR count). The van der Waals surface area contributed by atoms with Crippen molar-refractivity contribution < 1.29 is 17.9 Å². The van der Waals surface area contributed by atoms with Gasteiger partial charge < -0.3 is 10.1 Å². The first-order valence-electron chi connectivity index (χ1n) is 5.80. The summed E-state index contributed by atoms with van der Waals surface area (Å²) in [6, 6.07) is 3.76. The SMILES string of the molecule is Cc1ccc(C(F)(F)F)cc1NCC1(C)COC1. The van der Waals surface area contributed by atoms with Gasteiger partial charge in [0.2, 0.25) is 0 Å². The van der Waals surface area contributed by atoms with Crippen LogP contribution in [0.5, 0.6) is 0 Å². The Morgan fingerprint density at radius 1 is 1.33 bits per heavy atom. The molecule has 1 N–H and O–H groups in total. The zero-order valence-corrected chi connectivity index (χ0v) is 10.4. The Morgan fingerprint density at radius 3 is 2.50 bits per heavy atom. The summed E-state index contributed by atoms with van der Waals surface area (Å²) in [5.74, 6) is 0. The molecule has 1 aliphatic rings. The second-order valence-electron chi connectivity index (χ2n) is 5.18. The summed E-state index contributed by atoms with van der Waals surface area (Å²) in [6.07, 6.45) is -4.30. The molecule has 0 radical (unpaired) electrons. The summed E-state index contributed by atoms with van der Waals surface area (Å²) in [4.78, 5) is 0. The minimum atomic E-state index is -4.30. The molecule has 0 atom stereocenters. The Bertz CT molecular complexity index is 438. The molecule has 0 aromatic heterocycles. The van der Waals surface area contributed by atoms with Crippen molar-refractivity contribution in [2.45, 2.75) is 20.0 Å². The topological polar surface area (TPSA) is 21.3 Å². The maximum Gasteiger partial charge on any atom is 0.416 e. The number of nitrogens with one attached hydrogen (secondary N) is 1. The van der Waals surface area contributed by atoms with E-state index < -0.39 is 11.7 Å². The lowest BCUT2D eigenvalue weighted by Gasteiger charge is -2.38. The number of hydrogen-bond donors (Lipinski definition) is 1. The number of rotatable bonds is 3. The minimum absolute atomic E-state index is 0.0284. The van der Waals surface area contributed by atoms with Crippen molar-refractivity contribution in [2.75, 3.05) is 25.1 Å². The van der Waals surface area contributed by atoms with Crippen LogP contribution >= 0.6 is 0 Å². The summed E-state index contributed by atoms with van der Waals surface area (Å²) >= 11 is 0. The van der Waals surface area contributed by atoms with Gasteiger partial charge in [0.05, 0.1) is 18.8 Å². The van der Waals surface area contributed by atoms with Crippen molar-refractivity contribution in [3.8, 4) is 0 Å². The average Bonchev–Trinajstić information content (AvgIpc) is 2.24. The van der Waals surface area contributed by atoms with E-state index >= 15 is 0 Å². The predicted molar refractivity (Wildman–Crippen MR) is 63.6 cm³/mol. The highest BCUT2D eigenvalue weighted by molar-refractivity contribution is 5.53. The maximum atomic E-state index is 12.6. The van der Waals surface area contributed by atoms with Crippen molar-refractivity contribution in [1.29, 1.82) is 0 Å². The van der Waals surface area contributed by atoms with Gasteiger partial charge in [0, 0.05) is 17.6 Å². The molecule has 0 bridgehead atoms. The quantitative estimate of drug-likeness (QED) is 0.897. The van der Waals surface area contributed by atoms with E-state index in [2.05, 4.69) is 5.32 Å². The molecule has 1 aromatic carbocycles. The Hall–Kier alpha value is -1.23. The Labute approximate surface area is 104 Å². The van der Waals surface area contributed by atoms with E-state index in [1.54, 1.807) is 6.92 Å². The number of hydrogen-bond acceptors (Lipinski definition) is 2. The van der Waals surface area contributed by atoms with Crippen LogP contribution in [0.15, 0.2) is 18.2 Å². The van der Waals surface area contributed by atoms with Gasteiger partial charge in [-0.2, -0.15) is 13.2 Å². The van der Waals surface area contributed by atoms with Crippen molar-refractivity contribution in [3.05, 3.63) is 29.3 Å². The second-order valence-corrected chi connectivity index (χ2v) is 5.18. The van der Waals surface area contributed by atoms with Gasteiger partial charge in [-0.05, 0) is 24.6 Å². The first kappa shape index (κ1) is 13.2. The highest BCUT2D eigenvalue weighted by atomic mass is 19.4. The summed E-state index contributed by atoms with van der Waals surface area (Å²) < 4.78 is 42.9. The van der Waals surface area contributed by atoms with Gasteiger partial charge >= 0.3 is 6.18 Å². The molecule has 1 aromatic rings. The van der Waals surface area contributed by atoms with Gasteiger partial charge in [-0.15, -0.1) is 0 Å². The smallest absolute Gasteiger partial charge is 0.384 e. The van der Waals surface area contributed by atoms with E-state index in [0.29, 0.717) is 25.4 Å². The van der Waals surface area contributed by atoms with Crippen LogP contribution in [0.25, 0.3) is 0 Å². The van der Waals surface area contributed by atoms with Crippen LogP contribution in [-0.2, 0) is 10.9 Å². The largest absolute Gasteiger partial charge is 0.416 e. The normalized spacial score (nSPS) is 18.3. The second kappa shape index (κ2) is 4.46. The van der Waals surface area contributed by atoms with Gasteiger partial charge in [-0.3, -0.25) is 0 Å². The minimum Gasteiger partial charge on any atom is -0.384 e. The summed E-state index contributed by atoms with van der Waals surface area (Å²) in [6.45, 7) is 5.76. The number of alkyl halides is 3. The lowest BCUT2D eigenvalue weighted by Crippen LogP contribution is -2.45. The van der Waals surface area contributed by atoms with E-state index in [1.807, 2.05) is 6.92 Å². The van der Waals surface area contributed by atoms with Crippen LogP contribution in [0.3, 0.4) is 0 Å². The van der Waals surface area contributed by atoms with Crippen molar-refractivity contribution >= 4 is 5.69 Å². The average molecular weight is 259 g/mol. The molecular formula is C13H16F3NO. The van der Waals surface area contributed by atoms with E-state index in [-0.39, 0.29) is 5.41 Å². The molecule has 2 nitrogen and oxygen atoms in total. The third kappa shape index (κ3) is 2.77. The number of halogens is 3. The molecule has 1 aliphatic heterocycles. The molecule has 5 heteroatoms. The molecule has 0 spiro atoms. The lowest BCUT2D eigenvalue weighted by atomic mass is 9.88. The standard InChI is InChI=1S/C13H16F3NO/c1-9-3-4-10(13(14,15)16)5-11(9)17-6-12(2)7-18-8-12/h3-5,17H,6-8H2,1-2H3. The number of aryl methyl sites for hydroxylation is 1. The van der Waals surface area contributed by atoms with Gasteiger partial charge in [0.25, 0.3) is 0 Å². The molecule has 1 heterocycles. The van der Waals surface area contributed by atoms with Crippen LogP contribution in [0.2, 0.25) is 0 Å². The third-order valence-electron chi connectivity index (χ3n) is 3.17. The maximum absolute atomic E-state index is 12.6. The van der Waals surface area contributed by atoms with Crippen LogP contribution in [0.1, 0.15) is 18.1 Å². The molecule has 0 aliphatic carbocycles. The van der Waals surface area contributed by atoms with Gasteiger partial charge in [-0.1, -0.05) is 13.0 Å². The van der Waals surface area contributed by atoms with Gasteiger partial charge in [0.1, 0.15) is 0 Å². The highest BCUT2D eigenvalue weighted by Gasteiger charge is 2.34. The fourth-order valence-electron chi connectivity index (χ4n) is 1.85. The van der Waals surface area contributed by atoms with E-state index in [1.165, 1.54) is 6.07 Å².